The molecular formula is C23H32N2O5S. The molecule has 2 rings (SSSR count). The molecule has 0 spiro atoms. The van der Waals surface area contributed by atoms with Crippen LogP contribution in [0.2, 0.25) is 0 Å². The van der Waals surface area contributed by atoms with Crippen LogP contribution in [0.15, 0.2) is 29.2 Å². The van der Waals surface area contributed by atoms with Crippen LogP contribution in [0.1, 0.15) is 64.9 Å². The minimum absolute atomic E-state index is 0.0695. The van der Waals surface area contributed by atoms with Gasteiger partial charge < -0.3 is 9.30 Å². The van der Waals surface area contributed by atoms with Gasteiger partial charge in [0, 0.05) is 36.6 Å². The molecule has 0 unspecified atom stereocenters. The first-order valence-electron chi connectivity index (χ1n) is 10.6. The summed E-state index contributed by atoms with van der Waals surface area (Å²) in [6.07, 6.45) is 0.950. The zero-order chi connectivity index (χ0) is 23.3. The molecule has 0 aliphatic carbocycles. The summed E-state index contributed by atoms with van der Waals surface area (Å²) >= 11 is 0. The van der Waals surface area contributed by atoms with E-state index in [-0.39, 0.29) is 16.2 Å². The molecule has 0 fully saturated rings. The van der Waals surface area contributed by atoms with Gasteiger partial charge in [0.05, 0.1) is 10.5 Å². The summed E-state index contributed by atoms with van der Waals surface area (Å²) in [5.41, 5.74) is 3.01. The topological polar surface area (TPSA) is 85.7 Å². The predicted molar refractivity (Wildman–Crippen MR) is 120 cm³/mol. The molecular weight excluding hydrogens is 416 g/mol. The van der Waals surface area contributed by atoms with E-state index < -0.39 is 22.6 Å². The molecule has 1 aromatic carbocycles. The molecule has 0 saturated carbocycles. The molecule has 0 aliphatic rings. The normalized spacial score (nSPS) is 11.7. The third-order valence-corrected chi connectivity index (χ3v) is 7.59. The lowest BCUT2D eigenvalue weighted by atomic mass is 10.1. The van der Waals surface area contributed by atoms with Crippen molar-refractivity contribution in [2.45, 2.75) is 59.4 Å². The second-order valence-electron chi connectivity index (χ2n) is 7.51. The van der Waals surface area contributed by atoms with Gasteiger partial charge in [-0.25, -0.2) is 13.2 Å². The molecule has 0 aliphatic heterocycles. The standard InChI is InChI=1S/C23H32N2O5S/c1-7-12-25-17(5)13-20(18(25)6)21(26)15-30-23(27)19-11-10-16(4)22(14-19)31(28,29)24(8-2)9-3/h10-11,13-14H,7-9,12,15H2,1-6H3. The van der Waals surface area contributed by atoms with E-state index in [0.29, 0.717) is 24.2 Å². The SMILES string of the molecule is CCCn1c(C)cc(C(=O)COC(=O)c2ccc(C)c(S(=O)(=O)N(CC)CC)c2)c1C. The third-order valence-electron chi connectivity index (χ3n) is 5.40. The molecule has 0 N–H and O–H groups in total. The molecule has 8 heteroatoms. The fourth-order valence-electron chi connectivity index (χ4n) is 3.65. The lowest BCUT2D eigenvalue weighted by Crippen LogP contribution is -2.31. The van der Waals surface area contributed by atoms with Crippen LogP contribution in [0.25, 0.3) is 0 Å². The number of hydrogen-bond acceptors (Lipinski definition) is 5. The minimum Gasteiger partial charge on any atom is -0.454 e. The number of esters is 1. The van der Waals surface area contributed by atoms with Crippen LogP contribution in [0.4, 0.5) is 0 Å². The zero-order valence-electron chi connectivity index (χ0n) is 19.2. The first kappa shape index (κ1) is 24.8. The van der Waals surface area contributed by atoms with E-state index >= 15 is 0 Å². The number of Topliss-reactive ketones (excluding diaryl/α,β-unsaturated/α-hetero) is 1. The summed E-state index contributed by atoms with van der Waals surface area (Å²) in [6.45, 7) is 12.2. The maximum atomic E-state index is 12.9. The van der Waals surface area contributed by atoms with Gasteiger partial charge in [-0.1, -0.05) is 26.8 Å². The molecule has 2 aromatic rings. The van der Waals surface area contributed by atoms with E-state index in [9.17, 15) is 18.0 Å². The molecule has 1 heterocycles. The summed E-state index contributed by atoms with van der Waals surface area (Å²) < 4.78 is 34.4. The minimum atomic E-state index is -3.72. The van der Waals surface area contributed by atoms with Gasteiger partial charge in [0.1, 0.15) is 0 Å². The van der Waals surface area contributed by atoms with E-state index in [4.69, 9.17) is 4.74 Å². The van der Waals surface area contributed by atoms with Crippen molar-refractivity contribution >= 4 is 21.8 Å². The summed E-state index contributed by atoms with van der Waals surface area (Å²) in [5, 5.41) is 0. The molecule has 170 valence electrons. The van der Waals surface area contributed by atoms with Gasteiger partial charge >= 0.3 is 5.97 Å². The van der Waals surface area contributed by atoms with Crippen LogP contribution in [-0.2, 0) is 21.3 Å². The second-order valence-corrected chi connectivity index (χ2v) is 9.41. The maximum Gasteiger partial charge on any atom is 0.338 e. The Labute approximate surface area is 185 Å². The highest BCUT2D eigenvalue weighted by Gasteiger charge is 2.25. The van der Waals surface area contributed by atoms with Crippen LogP contribution < -0.4 is 0 Å². The average Bonchev–Trinajstić information content (AvgIpc) is 3.01. The number of sulfonamides is 1. The Bertz CT molecular complexity index is 1070. The number of aryl methyl sites for hydroxylation is 2. The Kier molecular flexibility index (Phi) is 8.20. The molecule has 0 bridgehead atoms. The Morgan fingerprint density at radius 3 is 2.26 bits per heavy atom. The van der Waals surface area contributed by atoms with Crippen LogP contribution in [0.3, 0.4) is 0 Å². The van der Waals surface area contributed by atoms with Crippen molar-refractivity contribution in [1.82, 2.24) is 8.87 Å². The van der Waals surface area contributed by atoms with Gasteiger partial charge in [0.25, 0.3) is 0 Å². The summed E-state index contributed by atoms with van der Waals surface area (Å²) in [4.78, 5) is 25.2. The number of nitrogens with zero attached hydrogens (tertiary/aromatic N) is 2. The van der Waals surface area contributed by atoms with Gasteiger partial charge in [0.15, 0.2) is 6.61 Å². The number of ketones is 1. The van der Waals surface area contributed by atoms with Gasteiger partial charge in [-0.2, -0.15) is 4.31 Å². The number of hydrogen-bond donors (Lipinski definition) is 0. The van der Waals surface area contributed by atoms with E-state index in [1.807, 2.05) is 19.9 Å². The quantitative estimate of drug-likeness (QED) is 0.407. The van der Waals surface area contributed by atoms with Crippen molar-refractivity contribution in [3.63, 3.8) is 0 Å². The Morgan fingerprint density at radius 1 is 1.03 bits per heavy atom. The fourth-order valence-corrected chi connectivity index (χ4v) is 5.36. The van der Waals surface area contributed by atoms with Crippen LogP contribution >= 0.6 is 0 Å². The molecule has 0 saturated heterocycles. The number of carbonyl (C=O) groups excluding carboxylic acids is 2. The highest BCUT2D eigenvalue weighted by Crippen LogP contribution is 2.22. The Morgan fingerprint density at radius 2 is 1.68 bits per heavy atom. The maximum absolute atomic E-state index is 12.9. The van der Waals surface area contributed by atoms with Gasteiger partial charge in [-0.3, -0.25) is 4.79 Å². The molecule has 1 aromatic heterocycles. The van der Waals surface area contributed by atoms with Crippen LogP contribution in [-0.4, -0.2) is 48.7 Å². The second kappa shape index (κ2) is 10.2. The third kappa shape index (κ3) is 5.25. The van der Waals surface area contributed by atoms with Crippen molar-refractivity contribution < 1.29 is 22.7 Å². The van der Waals surface area contributed by atoms with Crippen molar-refractivity contribution in [1.29, 1.82) is 0 Å². The first-order chi connectivity index (χ1) is 14.6. The van der Waals surface area contributed by atoms with Crippen molar-refractivity contribution in [3.05, 3.63) is 52.3 Å². The zero-order valence-corrected chi connectivity index (χ0v) is 20.0. The number of rotatable bonds is 10. The van der Waals surface area contributed by atoms with Gasteiger partial charge in [-0.15, -0.1) is 0 Å². The smallest absolute Gasteiger partial charge is 0.338 e. The first-order valence-corrected chi connectivity index (χ1v) is 12.0. The fraction of sp³-hybridized carbons (Fsp3) is 0.478. The van der Waals surface area contributed by atoms with Crippen molar-refractivity contribution in [3.8, 4) is 0 Å². The average molecular weight is 449 g/mol. The lowest BCUT2D eigenvalue weighted by Gasteiger charge is -2.20. The van der Waals surface area contributed by atoms with Gasteiger partial charge in [0.2, 0.25) is 15.8 Å². The molecule has 0 amide bonds. The summed E-state index contributed by atoms with van der Waals surface area (Å²) in [6, 6.07) is 6.22. The van der Waals surface area contributed by atoms with E-state index in [2.05, 4.69) is 11.5 Å². The molecule has 0 atom stereocenters. The Balaban J connectivity index is 2.20. The molecule has 0 radical (unpaired) electrons. The number of ether oxygens (including phenoxy) is 1. The van der Waals surface area contributed by atoms with E-state index in [1.165, 1.54) is 16.4 Å². The number of aromatic nitrogens is 1. The lowest BCUT2D eigenvalue weighted by molar-refractivity contribution is 0.0474. The number of benzene rings is 1. The van der Waals surface area contributed by atoms with Crippen molar-refractivity contribution in [2.75, 3.05) is 19.7 Å². The predicted octanol–water partition coefficient (Wildman–Crippen LogP) is 3.89. The molecule has 31 heavy (non-hydrogen) atoms. The van der Waals surface area contributed by atoms with E-state index in [1.54, 1.807) is 26.8 Å². The molecule has 7 nitrogen and oxygen atoms in total. The number of carbonyl (C=O) groups is 2. The monoisotopic (exact) mass is 448 g/mol. The van der Waals surface area contributed by atoms with Crippen molar-refractivity contribution in [2.24, 2.45) is 0 Å². The Hall–Kier alpha value is -2.45. The summed E-state index contributed by atoms with van der Waals surface area (Å²) in [7, 11) is -3.72. The highest BCUT2D eigenvalue weighted by molar-refractivity contribution is 7.89. The van der Waals surface area contributed by atoms with E-state index in [0.717, 1.165) is 24.4 Å². The largest absolute Gasteiger partial charge is 0.454 e. The highest BCUT2D eigenvalue weighted by atomic mass is 32.2. The summed E-state index contributed by atoms with van der Waals surface area (Å²) in [5.74, 6) is -1.02. The van der Waals surface area contributed by atoms with Crippen LogP contribution in [0, 0.1) is 20.8 Å². The van der Waals surface area contributed by atoms with Gasteiger partial charge in [-0.05, 0) is 51.0 Å². The van der Waals surface area contributed by atoms with Crippen LogP contribution in [0.5, 0.6) is 0 Å².